The molecule has 1 aliphatic carbocycles. The Morgan fingerprint density at radius 2 is 1.49 bits per heavy atom. The molecule has 0 amide bonds. The van der Waals surface area contributed by atoms with Gasteiger partial charge in [-0.3, -0.25) is 14.4 Å². The maximum absolute atomic E-state index is 14.0. The van der Waals surface area contributed by atoms with E-state index in [0.29, 0.717) is 11.3 Å². The zero-order chi connectivity index (χ0) is 24.2. The highest BCUT2D eigenvalue weighted by Crippen LogP contribution is 2.79. The minimum atomic E-state index is -1.62. The van der Waals surface area contributed by atoms with Gasteiger partial charge in [0, 0.05) is 17.0 Å². The Balaban J connectivity index is 1.56. The summed E-state index contributed by atoms with van der Waals surface area (Å²) >= 11 is 0. The second kappa shape index (κ2) is 7.60. The molecule has 0 radical (unpaired) electrons. The molecule has 0 bridgehead atoms. The Morgan fingerprint density at radius 1 is 0.829 bits per heavy atom. The van der Waals surface area contributed by atoms with Crippen LogP contribution in [0.4, 0.5) is 0 Å². The average molecular weight is 459 g/mol. The van der Waals surface area contributed by atoms with Crippen LogP contribution in [0.2, 0.25) is 0 Å². The second-order valence-corrected chi connectivity index (χ2v) is 9.33. The van der Waals surface area contributed by atoms with E-state index in [1.54, 1.807) is 43.3 Å². The van der Waals surface area contributed by atoms with Crippen molar-refractivity contribution in [3.8, 4) is 5.75 Å². The van der Waals surface area contributed by atoms with E-state index >= 15 is 0 Å². The molecule has 170 valence electrons. The van der Waals surface area contributed by atoms with Crippen LogP contribution in [0.3, 0.4) is 0 Å². The number of fused-ring (bicyclic) bond motifs is 5. The molecule has 4 aromatic rings. The summed E-state index contributed by atoms with van der Waals surface area (Å²) in [6, 6.07) is 29.7. The van der Waals surface area contributed by atoms with Gasteiger partial charge in [0.1, 0.15) is 5.75 Å². The van der Waals surface area contributed by atoms with Crippen molar-refractivity contribution in [3.05, 3.63) is 120 Å². The van der Waals surface area contributed by atoms with E-state index < -0.39 is 28.5 Å². The lowest BCUT2D eigenvalue weighted by molar-refractivity contribution is -0.147. The highest BCUT2D eigenvalue weighted by molar-refractivity contribution is 6.25. The fraction of sp³-hybridized carbons (Fsp3) is 0.129. The fourth-order valence-electron chi connectivity index (χ4n) is 5.86. The first kappa shape index (κ1) is 21.2. The van der Waals surface area contributed by atoms with Crippen molar-refractivity contribution >= 4 is 34.4 Å². The molecule has 2 aliphatic rings. The second-order valence-electron chi connectivity index (χ2n) is 9.33. The average Bonchev–Trinajstić information content (AvgIpc) is 3.50. The van der Waals surface area contributed by atoms with Crippen LogP contribution in [0, 0.1) is 10.8 Å². The van der Waals surface area contributed by atoms with Crippen LogP contribution in [-0.4, -0.2) is 17.5 Å². The fourth-order valence-corrected chi connectivity index (χ4v) is 5.86. The molecule has 1 fully saturated rings. The largest absolute Gasteiger partial charge is 0.425 e. The minimum Gasteiger partial charge on any atom is -0.425 e. The molecule has 0 aromatic heterocycles. The van der Waals surface area contributed by atoms with Crippen molar-refractivity contribution in [2.24, 2.45) is 10.8 Å². The number of Topliss-reactive ketones (excluding diaryl/α,β-unsaturated/α-hetero) is 1. The highest BCUT2D eigenvalue weighted by Gasteiger charge is 2.87. The number of allylic oxidation sites excluding steroid dienone is 1. The number of hydrogen-bond donors (Lipinski definition) is 0. The van der Waals surface area contributed by atoms with E-state index in [2.05, 4.69) is 0 Å². The van der Waals surface area contributed by atoms with Crippen LogP contribution < -0.4 is 4.74 Å². The summed E-state index contributed by atoms with van der Waals surface area (Å²) in [5.41, 5.74) is -0.851. The highest BCUT2D eigenvalue weighted by atomic mass is 16.5. The van der Waals surface area contributed by atoms with Gasteiger partial charge in [-0.15, -0.1) is 0 Å². The molecule has 1 aliphatic heterocycles. The van der Waals surface area contributed by atoms with Gasteiger partial charge in [-0.1, -0.05) is 104 Å². The predicted molar refractivity (Wildman–Crippen MR) is 134 cm³/mol. The standard InChI is InChI=1S/C31H22O4/c1-30(28(33)22-13-6-3-7-14-22)27-26-23-15-9-8-12-21(23)17-18-24(26)35-29(34)31(27,30)25(32)19-16-20-10-4-2-5-11-20/h2-19,27H,1H3. The van der Waals surface area contributed by atoms with Gasteiger partial charge in [0.15, 0.2) is 17.0 Å². The Morgan fingerprint density at radius 3 is 2.23 bits per heavy atom. The van der Waals surface area contributed by atoms with Crippen LogP contribution in [0.25, 0.3) is 16.8 Å². The number of hydrogen-bond acceptors (Lipinski definition) is 4. The SMILES string of the molecule is CC1(C(=O)c2ccccc2)C2c3c(ccc4ccccc34)OC(=O)C21C(=O)C=Cc1ccccc1. The smallest absolute Gasteiger partial charge is 0.327 e. The van der Waals surface area contributed by atoms with Crippen molar-refractivity contribution in [2.45, 2.75) is 12.8 Å². The maximum atomic E-state index is 14.0. The van der Waals surface area contributed by atoms with E-state index in [0.717, 1.165) is 21.9 Å². The topological polar surface area (TPSA) is 60.4 Å². The molecule has 3 atom stereocenters. The quantitative estimate of drug-likeness (QED) is 0.121. The summed E-state index contributed by atoms with van der Waals surface area (Å²) in [4.78, 5) is 41.5. The molecule has 3 unspecified atom stereocenters. The molecule has 1 saturated carbocycles. The monoisotopic (exact) mass is 458 g/mol. The maximum Gasteiger partial charge on any atom is 0.327 e. The van der Waals surface area contributed by atoms with Gasteiger partial charge in [0.05, 0.1) is 5.41 Å². The summed E-state index contributed by atoms with van der Waals surface area (Å²) in [7, 11) is 0. The van der Waals surface area contributed by atoms with E-state index in [4.69, 9.17) is 4.74 Å². The van der Waals surface area contributed by atoms with Crippen molar-refractivity contribution in [3.63, 3.8) is 0 Å². The molecular weight excluding hydrogens is 436 g/mol. The van der Waals surface area contributed by atoms with Gasteiger partial charge in [0.2, 0.25) is 0 Å². The lowest BCUT2D eigenvalue weighted by Gasteiger charge is -2.23. The number of ketones is 2. The summed E-state index contributed by atoms with van der Waals surface area (Å²) in [6.07, 6.45) is 3.11. The lowest BCUT2D eigenvalue weighted by Crippen LogP contribution is -2.38. The Hall–Kier alpha value is -4.31. The predicted octanol–water partition coefficient (Wildman–Crippen LogP) is 6.01. The molecule has 0 saturated heterocycles. The van der Waals surface area contributed by atoms with Crippen LogP contribution >= 0.6 is 0 Å². The molecule has 4 aromatic carbocycles. The van der Waals surface area contributed by atoms with Gasteiger partial charge in [-0.2, -0.15) is 0 Å². The molecule has 4 heteroatoms. The van der Waals surface area contributed by atoms with Crippen LogP contribution in [0.1, 0.15) is 34.3 Å². The summed E-state index contributed by atoms with van der Waals surface area (Å²) < 4.78 is 5.81. The van der Waals surface area contributed by atoms with Crippen LogP contribution in [0.15, 0.2) is 103 Å². The van der Waals surface area contributed by atoms with Gasteiger partial charge in [-0.05, 0) is 28.5 Å². The van der Waals surface area contributed by atoms with Crippen molar-refractivity contribution in [1.82, 2.24) is 0 Å². The van der Waals surface area contributed by atoms with E-state index in [9.17, 15) is 14.4 Å². The third kappa shape index (κ3) is 2.83. The van der Waals surface area contributed by atoms with Gasteiger partial charge in [0.25, 0.3) is 0 Å². The van der Waals surface area contributed by atoms with E-state index in [1.807, 2.05) is 66.7 Å². The Labute approximate surface area is 202 Å². The number of rotatable bonds is 5. The van der Waals surface area contributed by atoms with Crippen molar-refractivity contribution in [1.29, 1.82) is 0 Å². The first-order valence-electron chi connectivity index (χ1n) is 11.6. The molecule has 35 heavy (non-hydrogen) atoms. The van der Waals surface area contributed by atoms with Gasteiger partial charge < -0.3 is 4.74 Å². The number of carbonyl (C=O) groups excluding carboxylic acids is 3. The molecule has 4 nitrogen and oxygen atoms in total. The zero-order valence-corrected chi connectivity index (χ0v) is 19.1. The number of benzene rings is 4. The third-order valence-electron chi connectivity index (χ3n) is 7.61. The van der Waals surface area contributed by atoms with Crippen molar-refractivity contribution < 1.29 is 19.1 Å². The number of ether oxygens (including phenoxy) is 1. The van der Waals surface area contributed by atoms with E-state index in [1.165, 1.54) is 6.08 Å². The summed E-state index contributed by atoms with van der Waals surface area (Å²) in [6.45, 7) is 1.74. The van der Waals surface area contributed by atoms with Gasteiger partial charge in [-0.25, -0.2) is 0 Å². The minimum absolute atomic E-state index is 0.234. The Kier molecular flexibility index (Phi) is 4.61. The van der Waals surface area contributed by atoms with Gasteiger partial charge >= 0.3 is 5.97 Å². The van der Waals surface area contributed by atoms with Crippen molar-refractivity contribution in [2.75, 3.05) is 0 Å². The lowest BCUT2D eigenvalue weighted by atomic mass is 9.84. The normalized spacial score (nSPS) is 24.5. The Bertz CT molecular complexity index is 1540. The molecule has 0 N–H and O–H groups in total. The summed E-state index contributed by atoms with van der Waals surface area (Å²) in [5.74, 6) is -1.53. The molecular formula is C31H22O4. The first-order chi connectivity index (χ1) is 17.0. The zero-order valence-electron chi connectivity index (χ0n) is 19.1. The van der Waals surface area contributed by atoms with E-state index in [-0.39, 0.29) is 5.78 Å². The number of esters is 1. The molecule has 6 rings (SSSR count). The number of carbonyl (C=O) groups is 3. The van der Waals surface area contributed by atoms with Crippen LogP contribution in [0.5, 0.6) is 5.75 Å². The first-order valence-corrected chi connectivity index (χ1v) is 11.6. The van der Waals surface area contributed by atoms with Crippen LogP contribution in [-0.2, 0) is 9.59 Å². The summed E-state index contributed by atoms with van der Waals surface area (Å²) in [5, 5.41) is 1.85. The molecule has 0 spiro atoms. The molecule has 1 heterocycles. The third-order valence-corrected chi connectivity index (χ3v) is 7.61.